The number of nitrogens with zero attached hydrogens (tertiary/aromatic N) is 1. The summed E-state index contributed by atoms with van der Waals surface area (Å²) in [6, 6.07) is 9.03. The Morgan fingerprint density at radius 1 is 1.29 bits per heavy atom. The number of benzene rings is 1. The van der Waals surface area contributed by atoms with Gasteiger partial charge in [0.25, 0.3) is 0 Å². The Balaban J connectivity index is 2.61. The average Bonchev–Trinajstić information content (AvgIpc) is 2.54. The fraction of sp³-hybridized carbons (Fsp3) is 0.250. The van der Waals surface area contributed by atoms with Gasteiger partial charge in [-0.1, -0.05) is 18.2 Å². The molecule has 5 heteroatoms. The second-order valence-corrected chi connectivity index (χ2v) is 4.30. The quantitative estimate of drug-likeness (QED) is 0.855. The van der Waals surface area contributed by atoms with Crippen LogP contribution in [0.2, 0.25) is 0 Å². The summed E-state index contributed by atoms with van der Waals surface area (Å²) in [5.41, 5.74) is 2.20. The van der Waals surface area contributed by atoms with E-state index in [1.54, 1.807) is 20.1 Å². The summed E-state index contributed by atoms with van der Waals surface area (Å²) in [4.78, 5) is 16.1. The number of para-hydroxylation sites is 1. The standard InChI is InChI=1S/C16H17NO4/c1-3-21-16(19)14-9-17-11(10-18)8-13(14)12-6-4-5-7-15(12)20-2/h4-9,18H,3,10H2,1-2H3. The number of hydrogen-bond acceptors (Lipinski definition) is 5. The summed E-state index contributed by atoms with van der Waals surface area (Å²) in [5.74, 6) is 0.188. The minimum atomic E-state index is -0.449. The van der Waals surface area contributed by atoms with E-state index in [9.17, 15) is 9.90 Å². The van der Waals surface area contributed by atoms with E-state index in [4.69, 9.17) is 9.47 Å². The van der Waals surface area contributed by atoms with Crippen molar-refractivity contribution in [3.63, 3.8) is 0 Å². The van der Waals surface area contributed by atoms with Gasteiger partial charge in [-0.05, 0) is 19.1 Å². The molecule has 0 bridgehead atoms. The van der Waals surface area contributed by atoms with Crippen molar-refractivity contribution in [3.8, 4) is 16.9 Å². The number of methoxy groups -OCH3 is 1. The highest BCUT2D eigenvalue weighted by atomic mass is 16.5. The number of aliphatic hydroxyl groups excluding tert-OH is 1. The van der Waals surface area contributed by atoms with Gasteiger partial charge in [-0.3, -0.25) is 4.98 Å². The molecule has 1 N–H and O–H groups in total. The van der Waals surface area contributed by atoms with Crippen molar-refractivity contribution in [1.29, 1.82) is 0 Å². The van der Waals surface area contributed by atoms with Gasteiger partial charge in [0.05, 0.1) is 31.6 Å². The van der Waals surface area contributed by atoms with E-state index in [1.165, 1.54) is 6.20 Å². The maximum Gasteiger partial charge on any atom is 0.340 e. The summed E-state index contributed by atoms with van der Waals surface area (Å²) in [7, 11) is 1.57. The van der Waals surface area contributed by atoms with E-state index in [1.807, 2.05) is 24.3 Å². The Morgan fingerprint density at radius 3 is 2.71 bits per heavy atom. The Hall–Kier alpha value is -2.40. The van der Waals surface area contributed by atoms with Crippen molar-refractivity contribution in [3.05, 3.63) is 47.8 Å². The van der Waals surface area contributed by atoms with Gasteiger partial charge in [0.2, 0.25) is 0 Å². The van der Waals surface area contributed by atoms with E-state index >= 15 is 0 Å². The number of esters is 1. The maximum atomic E-state index is 12.1. The average molecular weight is 287 g/mol. The van der Waals surface area contributed by atoms with Crippen LogP contribution >= 0.6 is 0 Å². The number of aromatic nitrogens is 1. The van der Waals surface area contributed by atoms with Gasteiger partial charge < -0.3 is 14.6 Å². The van der Waals surface area contributed by atoms with Crippen LogP contribution in [0.1, 0.15) is 23.0 Å². The van der Waals surface area contributed by atoms with Gasteiger partial charge in [0, 0.05) is 17.3 Å². The minimum absolute atomic E-state index is 0.203. The van der Waals surface area contributed by atoms with Crippen LogP contribution in [-0.4, -0.2) is 29.8 Å². The predicted octanol–water partition coefficient (Wildman–Crippen LogP) is 2.43. The zero-order valence-corrected chi connectivity index (χ0v) is 12.0. The van der Waals surface area contributed by atoms with Crippen LogP contribution in [0.25, 0.3) is 11.1 Å². The smallest absolute Gasteiger partial charge is 0.340 e. The van der Waals surface area contributed by atoms with Gasteiger partial charge in [-0.25, -0.2) is 4.79 Å². The van der Waals surface area contributed by atoms with Crippen LogP contribution in [0.3, 0.4) is 0 Å². The van der Waals surface area contributed by atoms with Crippen LogP contribution in [0.5, 0.6) is 5.75 Å². The third-order valence-electron chi connectivity index (χ3n) is 3.02. The maximum absolute atomic E-state index is 12.1. The second kappa shape index (κ2) is 6.85. The molecule has 1 heterocycles. The van der Waals surface area contributed by atoms with Crippen LogP contribution in [-0.2, 0) is 11.3 Å². The second-order valence-electron chi connectivity index (χ2n) is 4.30. The molecule has 0 saturated carbocycles. The fourth-order valence-electron chi connectivity index (χ4n) is 2.05. The first-order valence-electron chi connectivity index (χ1n) is 6.61. The Labute approximate surface area is 123 Å². The molecule has 110 valence electrons. The first-order chi connectivity index (χ1) is 10.2. The van der Waals surface area contributed by atoms with Crippen molar-refractivity contribution in [2.45, 2.75) is 13.5 Å². The molecule has 1 aromatic heterocycles. The highest BCUT2D eigenvalue weighted by Crippen LogP contribution is 2.32. The van der Waals surface area contributed by atoms with E-state index < -0.39 is 5.97 Å². The van der Waals surface area contributed by atoms with E-state index in [0.29, 0.717) is 22.6 Å². The molecule has 0 fully saturated rings. The van der Waals surface area contributed by atoms with Crippen molar-refractivity contribution in [2.24, 2.45) is 0 Å². The van der Waals surface area contributed by atoms with Crippen LogP contribution in [0.15, 0.2) is 36.5 Å². The Kier molecular flexibility index (Phi) is 4.90. The molecule has 0 atom stereocenters. The van der Waals surface area contributed by atoms with Crippen LogP contribution in [0, 0.1) is 0 Å². The molecule has 0 saturated heterocycles. The number of hydrogen-bond donors (Lipinski definition) is 1. The largest absolute Gasteiger partial charge is 0.496 e. The number of aliphatic hydroxyl groups is 1. The molecular weight excluding hydrogens is 270 g/mol. The van der Waals surface area contributed by atoms with Crippen molar-refractivity contribution in [1.82, 2.24) is 4.98 Å². The SMILES string of the molecule is CCOC(=O)c1cnc(CO)cc1-c1ccccc1OC. The molecule has 2 aromatic rings. The third-order valence-corrected chi connectivity index (χ3v) is 3.02. The molecule has 2 rings (SSSR count). The lowest BCUT2D eigenvalue weighted by Gasteiger charge is -2.13. The Bertz CT molecular complexity index is 640. The predicted molar refractivity (Wildman–Crippen MR) is 78.1 cm³/mol. The summed E-state index contributed by atoms with van der Waals surface area (Å²) >= 11 is 0. The lowest BCUT2D eigenvalue weighted by atomic mass is 9.99. The van der Waals surface area contributed by atoms with Crippen molar-refractivity contribution < 1.29 is 19.4 Å². The highest BCUT2D eigenvalue weighted by molar-refractivity contribution is 5.97. The van der Waals surface area contributed by atoms with Crippen molar-refractivity contribution in [2.75, 3.05) is 13.7 Å². The molecule has 1 aromatic carbocycles. The minimum Gasteiger partial charge on any atom is -0.496 e. The Morgan fingerprint density at radius 2 is 2.05 bits per heavy atom. The van der Waals surface area contributed by atoms with Gasteiger partial charge in [-0.15, -0.1) is 0 Å². The topological polar surface area (TPSA) is 68.7 Å². The number of rotatable bonds is 5. The summed E-state index contributed by atoms with van der Waals surface area (Å²) in [6.45, 7) is 1.83. The lowest BCUT2D eigenvalue weighted by molar-refractivity contribution is 0.0526. The van der Waals surface area contributed by atoms with Crippen molar-refractivity contribution >= 4 is 5.97 Å². The van der Waals surface area contributed by atoms with Crippen LogP contribution < -0.4 is 4.74 Å². The molecule has 21 heavy (non-hydrogen) atoms. The molecule has 0 unspecified atom stereocenters. The monoisotopic (exact) mass is 287 g/mol. The zero-order valence-electron chi connectivity index (χ0n) is 12.0. The van der Waals surface area contributed by atoms with Gasteiger partial charge >= 0.3 is 5.97 Å². The van der Waals surface area contributed by atoms with E-state index in [2.05, 4.69) is 4.98 Å². The number of ether oxygens (including phenoxy) is 2. The summed E-state index contributed by atoms with van der Waals surface area (Å²) in [5, 5.41) is 9.26. The molecule has 0 aliphatic rings. The molecule has 0 amide bonds. The number of pyridine rings is 1. The lowest BCUT2D eigenvalue weighted by Crippen LogP contribution is -2.08. The van der Waals surface area contributed by atoms with Crippen LogP contribution in [0.4, 0.5) is 0 Å². The van der Waals surface area contributed by atoms with Gasteiger partial charge in [0.15, 0.2) is 0 Å². The fourth-order valence-corrected chi connectivity index (χ4v) is 2.05. The third kappa shape index (κ3) is 3.20. The van der Waals surface area contributed by atoms with E-state index in [0.717, 1.165) is 5.56 Å². The summed E-state index contributed by atoms with van der Waals surface area (Å²) < 4.78 is 10.4. The van der Waals surface area contributed by atoms with Gasteiger partial charge in [-0.2, -0.15) is 0 Å². The zero-order chi connectivity index (χ0) is 15.2. The summed E-state index contributed by atoms with van der Waals surface area (Å²) in [6.07, 6.45) is 1.42. The number of carbonyl (C=O) groups excluding carboxylic acids is 1. The molecular formula is C16H17NO4. The molecule has 0 spiro atoms. The molecule has 5 nitrogen and oxygen atoms in total. The molecule has 0 aliphatic heterocycles. The number of carbonyl (C=O) groups is 1. The van der Waals surface area contributed by atoms with E-state index in [-0.39, 0.29) is 13.2 Å². The highest BCUT2D eigenvalue weighted by Gasteiger charge is 2.17. The molecule has 0 aliphatic carbocycles. The van der Waals surface area contributed by atoms with Gasteiger partial charge in [0.1, 0.15) is 5.75 Å². The molecule has 0 radical (unpaired) electrons. The first kappa shape index (κ1) is 15.0. The first-order valence-corrected chi connectivity index (χ1v) is 6.61. The normalized spacial score (nSPS) is 10.2.